The number of nitrogens with two attached hydrogens (primary N) is 1. The SMILES string of the molecule is CC[C@H]1OC(=O)[C@H](C)C(=O)[C@H](C)[C@@H](O[C@@H]2O[C@H](C)[C@@H](OC(C)(C)C)[C@H](N(C)C)[C@H]2O)[C@@]2(C)C[C@@H](C)C(=NC(C)=O)[C@H](C)[C@@H](OC/C(=N\OCC#Cc3cccc(N)n3)CO2)[C@]1(C)O. The Morgan fingerprint density at radius 3 is 2.38 bits per heavy atom. The third-order valence-corrected chi connectivity index (χ3v) is 12.0. The number of amides is 1. The van der Waals surface area contributed by atoms with Crippen LogP contribution in [0.15, 0.2) is 28.3 Å². The van der Waals surface area contributed by atoms with Gasteiger partial charge in [0.25, 0.3) is 0 Å². The number of nitrogens with zero attached hydrogens (tertiary/aromatic N) is 4. The zero-order chi connectivity index (χ0) is 47.2. The van der Waals surface area contributed by atoms with Crippen molar-refractivity contribution in [3.63, 3.8) is 0 Å². The summed E-state index contributed by atoms with van der Waals surface area (Å²) in [5, 5.41) is 28.9. The van der Waals surface area contributed by atoms with E-state index >= 15 is 0 Å². The van der Waals surface area contributed by atoms with Crippen LogP contribution < -0.4 is 5.73 Å². The molecule has 3 saturated heterocycles. The van der Waals surface area contributed by atoms with Crippen LogP contribution in [0.5, 0.6) is 0 Å². The van der Waals surface area contributed by atoms with Crippen LogP contribution in [0.25, 0.3) is 0 Å². The van der Waals surface area contributed by atoms with Crippen molar-refractivity contribution in [3.8, 4) is 11.8 Å². The second kappa shape index (κ2) is 21.4. The minimum absolute atomic E-state index is 0.0920. The number of cyclic esters (lactones) is 1. The van der Waals surface area contributed by atoms with Crippen molar-refractivity contribution in [1.82, 2.24) is 9.88 Å². The van der Waals surface area contributed by atoms with Gasteiger partial charge in [0.1, 0.15) is 47.1 Å². The van der Waals surface area contributed by atoms with Gasteiger partial charge >= 0.3 is 5.97 Å². The number of pyridine rings is 1. The number of aliphatic hydroxyl groups excluding tert-OH is 1. The number of hydrogen-bond donors (Lipinski definition) is 3. The molecule has 17 nitrogen and oxygen atoms in total. The Kier molecular flexibility index (Phi) is 17.6. The zero-order valence-electron chi connectivity index (χ0n) is 39.5. The van der Waals surface area contributed by atoms with Crippen LogP contribution >= 0.6 is 0 Å². The molecule has 4 heterocycles. The summed E-state index contributed by atoms with van der Waals surface area (Å²) in [4.78, 5) is 57.7. The van der Waals surface area contributed by atoms with E-state index in [-0.39, 0.29) is 38.4 Å². The fourth-order valence-corrected chi connectivity index (χ4v) is 9.04. The van der Waals surface area contributed by atoms with Crippen molar-refractivity contribution >= 4 is 34.9 Å². The number of ether oxygens (including phenoxy) is 6. The topological polar surface area (TPSA) is 223 Å². The number of esters is 1. The number of rotatable bonds is 7. The number of aromatic nitrogens is 1. The monoisotopic (exact) mass is 886 g/mol. The molecule has 0 spiro atoms. The Labute approximate surface area is 372 Å². The number of nitrogen functional groups attached to an aromatic ring is 1. The van der Waals surface area contributed by atoms with Gasteiger partial charge in [0.05, 0.1) is 48.8 Å². The second-order valence-corrected chi connectivity index (χ2v) is 18.8. The highest BCUT2D eigenvalue weighted by atomic mass is 16.7. The maximum Gasteiger partial charge on any atom is 0.316 e. The summed E-state index contributed by atoms with van der Waals surface area (Å²) in [7, 11) is 3.66. The Hall–Kier alpha value is -3.86. The lowest BCUT2D eigenvalue weighted by atomic mass is 9.73. The van der Waals surface area contributed by atoms with Gasteiger partial charge in [-0.15, -0.1) is 0 Å². The van der Waals surface area contributed by atoms with Gasteiger partial charge in [0, 0.05) is 24.5 Å². The van der Waals surface area contributed by atoms with Gasteiger partial charge in [-0.2, -0.15) is 0 Å². The van der Waals surface area contributed by atoms with E-state index in [9.17, 15) is 24.6 Å². The first kappa shape index (κ1) is 51.8. The number of anilines is 1. The largest absolute Gasteiger partial charge is 0.459 e. The summed E-state index contributed by atoms with van der Waals surface area (Å²) in [6.07, 6.45) is -7.00. The number of fused-ring (bicyclic) bond motifs is 5. The maximum atomic E-state index is 14.6. The fraction of sp³-hybridized carbons (Fsp3) is 0.739. The minimum Gasteiger partial charge on any atom is -0.459 e. The van der Waals surface area contributed by atoms with Crippen LogP contribution in [0, 0.1) is 35.5 Å². The summed E-state index contributed by atoms with van der Waals surface area (Å²) in [6, 6.07) is 4.49. The Bertz CT molecular complexity index is 1890. The van der Waals surface area contributed by atoms with Crippen LogP contribution in [-0.4, -0.2) is 149 Å². The highest BCUT2D eigenvalue weighted by Crippen LogP contribution is 2.40. The summed E-state index contributed by atoms with van der Waals surface area (Å²) in [5.41, 5.74) is 2.95. The summed E-state index contributed by atoms with van der Waals surface area (Å²) < 4.78 is 39.2. The highest BCUT2D eigenvalue weighted by molar-refractivity contribution is 6.00. The second-order valence-electron chi connectivity index (χ2n) is 18.8. The molecule has 17 heteroatoms. The van der Waals surface area contributed by atoms with Crippen molar-refractivity contribution in [2.24, 2.45) is 33.8 Å². The molecule has 1 aromatic rings. The Balaban J connectivity index is 1.92. The van der Waals surface area contributed by atoms with Gasteiger partial charge < -0.3 is 54.1 Å². The molecule has 3 aliphatic rings. The molecular formula is C46H71N5O12. The van der Waals surface area contributed by atoms with Gasteiger partial charge in [-0.3, -0.25) is 14.4 Å². The Morgan fingerprint density at radius 2 is 1.78 bits per heavy atom. The summed E-state index contributed by atoms with van der Waals surface area (Å²) >= 11 is 0. The predicted octanol–water partition coefficient (Wildman–Crippen LogP) is 3.74. The number of aliphatic hydroxyl groups is 2. The predicted molar refractivity (Wildman–Crippen MR) is 236 cm³/mol. The molecule has 0 aromatic carbocycles. The van der Waals surface area contributed by atoms with E-state index in [2.05, 4.69) is 27.0 Å². The molecule has 0 radical (unpaired) electrons. The van der Waals surface area contributed by atoms with Crippen LogP contribution in [-0.2, 0) is 47.6 Å². The molecule has 14 atom stereocenters. The summed E-state index contributed by atoms with van der Waals surface area (Å²) in [5.74, 6) is 0.490. The van der Waals surface area contributed by atoms with Gasteiger partial charge in [0.15, 0.2) is 18.7 Å². The lowest BCUT2D eigenvalue weighted by Gasteiger charge is -2.50. The van der Waals surface area contributed by atoms with Crippen molar-refractivity contribution in [1.29, 1.82) is 0 Å². The number of ketones is 1. The highest BCUT2D eigenvalue weighted by Gasteiger charge is 2.54. The first-order valence-electron chi connectivity index (χ1n) is 21.8. The molecule has 3 fully saturated rings. The lowest BCUT2D eigenvalue weighted by Crippen LogP contribution is -2.65. The molecule has 63 heavy (non-hydrogen) atoms. The molecule has 352 valence electrons. The molecule has 0 unspecified atom stereocenters. The van der Waals surface area contributed by atoms with E-state index in [1.54, 1.807) is 45.9 Å². The van der Waals surface area contributed by atoms with E-state index in [0.29, 0.717) is 17.2 Å². The van der Waals surface area contributed by atoms with E-state index in [1.165, 1.54) is 20.8 Å². The van der Waals surface area contributed by atoms with Crippen molar-refractivity contribution in [2.75, 3.05) is 39.6 Å². The van der Waals surface area contributed by atoms with Crippen molar-refractivity contribution < 1.29 is 57.9 Å². The lowest BCUT2D eigenvalue weighted by molar-refractivity contribution is -0.324. The molecule has 0 aliphatic carbocycles. The fourth-order valence-electron chi connectivity index (χ4n) is 9.04. The average molecular weight is 886 g/mol. The maximum absolute atomic E-state index is 14.6. The Morgan fingerprint density at radius 1 is 1.10 bits per heavy atom. The van der Waals surface area contributed by atoms with E-state index in [0.717, 1.165) is 0 Å². The first-order valence-corrected chi connectivity index (χ1v) is 21.8. The van der Waals surface area contributed by atoms with Gasteiger partial charge in [-0.25, -0.2) is 9.98 Å². The van der Waals surface area contributed by atoms with E-state index < -0.39 is 107 Å². The van der Waals surface area contributed by atoms with E-state index in [4.69, 9.17) is 39.0 Å². The van der Waals surface area contributed by atoms with Crippen LogP contribution in [0.2, 0.25) is 0 Å². The van der Waals surface area contributed by atoms with Gasteiger partial charge in [-0.05, 0) is 99.4 Å². The number of carbonyl (C=O) groups excluding carboxylic acids is 3. The number of carbonyl (C=O) groups is 3. The number of hydrogen-bond acceptors (Lipinski definition) is 16. The molecule has 3 aliphatic heterocycles. The smallest absolute Gasteiger partial charge is 0.316 e. The normalized spacial score (nSPS) is 37.6. The van der Waals surface area contributed by atoms with Crippen LogP contribution in [0.3, 0.4) is 0 Å². The average Bonchev–Trinajstić information content (AvgIpc) is 3.20. The van der Waals surface area contributed by atoms with E-state index in [1.807, 2.05) is 53.6 Å². The molecule has 2 bridgehead atoms. The first-order chi connectivity index (χ1) is 29.3. The number of oxime groups is 1. The van der Waals surface area contributed by atoms with Gasteiger partial charge in [-0.1, -0.05) is 44.8 Å². The third-order valence-electron chi connectivity index (χ3n) is 12.0. The van der Waals surface area contributed by atoms with Crippen molar-refractivity contribution in [3.05, 3.63) is 23.9 Å². The number of Topliss-reactive ketones (excluding diaryl/α,β-unsaturated/α-hetero) is 1. The molecular weight excluding hydrogens is 815 g/mol. The number of likely N-dealkylation sites (N-methyl/N-ethyl adjacent to an activating group) is 1. The third kappa shape index (κ3) is 12.9. The molecule has 1 amide bonds. The van der Waals surface area contributed by atoms with Gasteiger partial charge in [0.2, 0.25) is 5.91 Å². The summed E-state index contributed by atoms with van der Waals surface area (Å²) in [6.45, 7) is 20.1. The van der Waals surface area contributed by atoms with Crippen LogP contribution in [0.4, 0.5) is 5.82 Å². The number of aliphatic imine (C=N–C) groups is 1. The minimum atomic E-state index is -1.88. The quantitative estimate of drug-likeness (QED) is 0.117. The molecule has 4 rings (SSSR count). The molecule has 0 saturated carbocycles. The zero-order valence-corrected chi connectivity index (χ0v) is 39.5. The molecule has 1 aromatic heterocycles. The molecule has 4 N–H and O–H groups in total. The van der Waals surface area contributed by atoms with Crippen LogP contribution in [0.1, 0.15) is 102 Å². The standard InChI is InChI=1S/C46H71N5O12/c1-15-33-46(12,56)41-26(3)35(48-30(7)52)25(2)22-45(11,58-24-32(23-57-41)50-59-21-17-19-31-18-16-20-34(47)49-31)40(27(4)37(53)28(5)42(55)61-33)62-43-38(54)36(51(13)14)39(29(6)60-43)63-44(8,9)10/h16,18,20,25-29,33,36,38-41,43,54,56H,15,21-24H2,1-14H3,(H2,47,49)/b48-35?,50-32+/t25-,26+,27+,28-,29-,33-,36-,38-,39-,40-,41-,43+,45-,46-/m1/s1. The van der Waals surface area contributed by atoms with Crippen molar-refractivity contribution in [2.45, 2.75) is 162 Å².